The summed E-state index contributed by atoms with van der Waals surface area (Å²) in [5.74, 6) is 0. The van der Waals surface area contributed by atoms with Gasteiger partial charge in [0.15, 0.2) is 5.01 Å². The van der Waals surface area contributed by atoms with Crippen LogP contribution in [-0.2, 0) is 0 Å². The average molecular weight is 317 g/mol. The molecule has 2 rings (SSSR count). The maximum Gasteiger partial charge on any atom is 0.203 e. The third kappa shape index (κ3) is 2.09. The van der Waals surface area contributed by atoms with E-state index in [1.807, 2.05) is 13.0 Å². The quantitative estimate of drug-likeness (QED) is 0.759. The fourth-order valence-corrected chi connectivity index (χ4v) is 2.49. The lowest BCUT2D eigenvalue weighted by atomic mass is 10.2. The first-order valence-corrected chi connectivity index (χ1v) is 5.95. The molecule has 0 radical (unpaired) electrons. The van der Waals surface area contributed by atoms with Gasteiger partial charge in [0.1, 0.15) is 5.69 Å². The van der Waals surface area contributed by atoms with Crippen LogP contribution in [-0.4, -0.2) is 14.3 Å². The van der Waals surface area contributed by atoms with Crippen molar-refractivity contribution >= 4 is 34.1 Å². The van der Waals surface area contributed by atoms with E-state index in [0.717, 1.165) is 20.2 Å². The molecule has 2 aromatic rings. The molecule has 72 valence electrons. The maximum atomic E-state index is 4.42. The fraction of sp³-hybridized carbons (Fsp3) is 0.222. The van der Waals surface area contributed by atoms with Gasteiger partial charge >= 0.3 is 0 Å². The van der Waals surface area contributed by atoms with E-state index < -0.39 is 0 Å². The zero-order valence-corrected chi connectivity index (χ0v) is 10.8. The molecule has 0 amide bonds. The first-order chi connectivity index (χ1) is 6.65. The van der Waals surface area contributed by atoms with Crippen molar-refractivity contribution in [2.75, 3.05) is 0 Å². The van der Waals surface area contributed by atoms with Gasteiger partial charge in [-0.05, 0) is 43.1 Å². The van der Waals surface area contributed by atoms with Crippen LogP contribution >= 0.6 is 34.1 Å². The number of pyridine rings is 1. The van der Waals surface area contributed by atoms with E-state index >= 15 is 0 Å². The summed E-state index contributed by atoms with van der Waals surface area (Å²) in [5.41, 5.74) is 3.14. The molecule has 0 atom stereocenters. The number of nitrogens with zero attached hydrogens (tertiary/aromatic N) is 3. The van der Waals surface area contributed by atoms with Crippen LogP contribution in [0.2, 0.25) is 0 Å². The molecular formula is C9H8IN3S. The Hall–Kier alpha value is -0.560. The largest absolute Gasteiger partial charge is 0.251 e. The van der Waals surface area contributed by atoms with E-state index in [0.29, 0.717) is 0 Å². The number of aryl methyl sites for hydroxylation is 2. The molecule has 0 aliphatic carbocycles. The van der Waals surface area contributed by atoms with Gasteiger partial charge in [0.05, 0.1) is 0 Å². The predicted molar refractivity (Wildman–Crippen MR) is 65.3 cm³/mol. The van der Waals surface area contributed by atoms with E-state index in [9.17, 15) is 0 Å². The van der Waals surface area contributed by atoms with Gasteiger partial charge in [-0.3, -0.25) is 4.98 Å². The van der Waals surface area contributed by atoms with Crippen LogP contribution < -0.4 is 0 Å². The minimum Gasteiger partial charge on any atom is -0.251 e. The molecule has 5 heteroatoms. The van der Waals surface area contributed by atoms with Crippen LogP contribution in [0.1, 0.15) is 11.3 Å². The zero-order chi connectivity index (χ0) is 10.1. The Labute approximate surface area is 99.9 Å². The summed E-state index contributed by atoms with van der Waals surface area (Å²) in [4.78, 5) is 8.72. The zero-order valence-electron chi connectivity index (χ0n) is 7.78. The topological polar surface area (TPSA) is 38.7 Å². The highest BCUT2D eigenvalue weighted by atomic mass is 127. The highest BCUT2D eigenvalue weighted by Crippen LogP contribution is 2.21. The molecule has 0 unspecified atom stereocenters. The van der Waals surface area contributed by atoms with Gasteiger partial charge in [-0.1, -0.05) is 0 Å². The number of hydrogen-bond acceptors (Lipinski definition) is 4. The van der Waals surface area contributed by atoms with Gasteiger partial charge < -0.3 is 0 Å². The lowest BCUT2D eigenvalue weighted by Gasteiger charge is -1.99. The number of halogens is 1. The molecule has 14 heavy (non-hydrogen) atoms. The van der Waals surface area contributed by atoms with Crippen molar-refractivity contribution in [1.82, 2.24) is 14.3 Å². The molecule has 0 aromatic carbocycles. The Kier molecular flexibility index (Phi) is 2.78. The van der Waals surface area contributed by atoms with E-state index in [1.54, 1.807) is 0 Å². The molecule has 0 spiro atoms. The molecule has 0 aliphatic heterocycles. The van der Waals surface area contributed by atoms with Crippen LogP contribution in [0.4, 0.5) is 0 Å². The summed E-state index contributed by atoms with van der Waals surface area (Å²) in [6.45, 7) is 4.05. The van der Waals surface area contributed by atoms with E-state index in [1.165, 1.54) is 17.1 Å². The normalized spacial score (nSPS) is 10.5. The minimum absolute atomic E-state index is 0.781. The van der Waals surface area contributed by atoms with Crippen molar-refractivity contribution in [3.05, 3.63) is 27.2 Å². The Morgan fingerprint density at radius 3 is 2.57 bits per heavy atom. The first-order valence-electron chi connectivity index (χ1n) is 4.10. The molecule has 0 saturated carbocycles. The monoisotopic (exact) mass is 317 g/mol. The number of rotatable bonds is 1. The third-order valence-corrected chi connectivity index (χ3v) is 3.27. The summed E-state index contributed by atoms with van der Waals surface area (Å²) in [5, 5.41) is 0.890. The van der Waals surface area contributed by atoms with E-state index in [4.69, 9.17) is 0 Å². The number of aromatic nitrogens is 3. The number of hydrogen-bond donors (Lipinski definition) is 0. The van der Waals surface area contributed by atoms with Crippen molar-refractivity contribution in [3.8, 4) is 10.7 Å². The van der Waals surface area contributed by atoms with Crippen molar-refractivity contribution in [1.29, 1.82) is 0 Å². The molecule has 3 nitrogen and oxygen atoms in total. The molecule has 0 bridgehead atoms. The molecule has 0 fully saturated rings. The molecular weight excluding hydrogens is 309 g/mol. The van der Waals surface area contributed by atoms with Gasteiger partial charge in [-0.25, -0.2) is 4.98 Å². The van der Waals surface area contributed by atoms with Crippen molar-refractivity contribution in [2.45, 2.75) is 13.8 Å². The van der Waals surface area contributed by atoms with Gasteiger partial charge in [0, 0.05) is 28.3 Å². The Bertz CT molecular complexity index is 447. The molecule has 0 aliphatic rings. The van der Waals surface area contributed by atoms with Gasteiger partial charge in [0.2, 0.25) is 3.83 Å². The second-order valence-corrected chi connectivity index (χ2v) is 4.76. The van der Waals surface area contributed by atoms with E-state index in [2.05, 4.69) is 49.9 Å². The lowest BCUT2D eigenvalue weighted by Crippen LogP contribution is -1.88. The summed E-state index contributed by atoms with van der Waals surface area (Å²) < 4.78 is 4.91. The lowest BCUT2D eigenvalue weighted by molar-refractivity contribution is 1.16. The smallest absolute Gasteiger partial charge is 0.203 e. The average Bonchev–Trinajstić information content (AvgIpc) is 2.50. The standard InChI is InChI=1S/C9H8IN3S/c1-5-3-6(2)11-7(4-5)8-12-9(10)13-14-8/h3-4H,1-2H3. The Balaban J connectivity index is 2.51. The predicted octanol–water partition coefficient (Wildman–Crippen LogP) is 2.82. The summed E-state index contributed by atoms with van der Waals surface area (Å²) >= 11 is 3.49. The fourth-order valence-electron chi connectivity index (χ4n) is 1.26. The second-order valence-electron chi connectivity index (χ2n) is 3.04. The summed E-state index contributed by atoms with van der Waals surface area (Å²) in [6.07, 6.45) is 0. The van der Waals surface area contributed by atoms with Crippen molar-refractivity contribution in [2.24, 2.45) is 0 Å². The third-order valence-electron chi connectivity index (χ3n) is 1.72. The maximum absolute atomic E-state index is 4.42. The van der Waals surface area contributed by atoms with Gasteiger partial charge in [0.25, 0.3) is 0 Å². The van der Waals surface area contributed by atoms with Crippen molar-refractivity contribution in [3.63, 3.8) is 0 Å². The van der Waals surface area contributed by atoms with Crippen LogP contribution in [0.5, 0.6) is 0 Å². The summed E-state index contributed by atoms with van der Waals surface area (Å²) in [6, 6.07) is 4.08. The Morgan fingerprint density at radius 1 is 1.21 bits per heavy atom. The molecule has 2 heterocycles. The van der Waals surface area contributed by atoms with Crippen LogP contribution in [0.3, 0.4) is 0 Å². The van der Waals surface area contributed by atoms with Crippen LogP contribution in [0.15, 0.2) is 12.1 Å². The van der Waals surface area contributed by atoms with Gasteiger partial charge in [-0.2, -0.15) is 4.37 Å². The summed E-state index contributed by atoms with van der Waals surface area (Å²) in [7, 11) is 0. The van der Waals surface area contributed by atoms with Crippen LogP contribution in [0, 0.1) is 17.7 Å². The minimum atomic E-state index is 0.781. The van der Waals surface area contributed by atoms with Gasteiger partial charge in [-0.15, -0.1) is 0 Å². The second kappa shape index (κ2) is 3.90. The molecule has 0 saturated heterocycles. The van der Waals surface area contributed by atoms with E-state index in [-0.39, 0.29) is 0 Å². The first kappa shape index (κ1) is 9.97. The van der Waals surface area contributed by atoms with Crippen molar-refractivity contribution < 1.29 is 0 Å². The molecule has 2 aromatic heterocycles. The highest BCUT2D eigenvalue weighted by molar-refractivity contribution is 14.1. The molecule has 0 N–H and O–H groups in total. The highest BCUT2D eigenvalue weighted by Gasteiger charge is 2.06. The SMILES string of the molecule is Cc1cc(C)nc(-c2nc(I)ns2)c1. The Morgan fingerprint density at radius 2 is 2.00 bits per heavy atom. The van der Waals surface area contributed by atoms with Crippen LogP contribution in [0.25, 0.3) is 10.7 Å².